The van der Waals surface area contributed by atoms with Crippen molar-refractivity contribution in [1.29, 1.82) is 0 Å². The van der Waals surface area contributed by atoms with Gasteiger partial charge in [0.2, 0.25) is 0 Å². The fourth-order valence-corrected chi connectivity index (χ4v) is 5.33. The Morgan fingerprint density at radius 2 is 1.58 bits per heavy atom. The minimum absolute atomic E-state index is 0.0503. The van der Waals surface area contributed by atoms with Crippen molar-refractivity contribution in [2.45, 2.75) is 26.4 Å². The molecule has 2 aromatic heterocycles. The van der Waals surface area contributed by atoms with Crippen LogP contribution >= 0.6 is 0 Å². The number of piperazine rings is 1. The second-order valence-corrected chi connectivity index (χ2v) is 9.30. The molecule has 0 radical (unpaired) electrons. The number of hydrogen-bond donors (Lipinski definition) is 1. The van der Waals surface area contributed by atoms with E-state index in [0.717, 1.165) is 35.2 Å². The standard InChI is InChI=1S/C27H29N7O2/c1-2-34-23-12-13-33(26(35)24-20-10-6-7-11-22(20)28-29-24)18-21(23)25(30-34)27(36)32-16-14-31(15-17-32)19-8-4-3-5-9-19/h3-11H,2,12-18H2,1H3,(H,28,29). The van der Waals surface area contributed by atoms with Gasteiger partial charge in [-0.3, -0.25) is 19.4 Å². The summed E-state index contributed by atoms with van der Waals surface area (Å²) in [6, 6.07) is 17.9. The van der Waals surface area contributed by atoms with Crippen molar-refractivity contribution in [3.05, 3.63) is 77.2 Å². The normalized spacial score (nSPS) is 15.9. The van der Waals surface area contributed by atoms with Crippen LogP contribution in [0.4, 0.5) is 5.69 Å². The fraction of sp³-hybridized carbons (Fsp3) is 0.333. The maximum absolute atomic E-state index is 13.6. The molecule has 0 aliphatic carbocycles. The molecule has 2 aliphatic heterocycles. The van der Waals surface area contributed by atoms with Crippen LogP contribution in [0.2, 0.25) is 0 Å². The van der Waals surface area contributed by atoms with E-state index in [2.05, 4.69) is 27.2 Å². The van der Waals surface area contributed by atoms with Crippen molar-refractivity contribution < 1.29 is 9.59 Å². The molecule has 0 saturated carbocycles. The van der Waals surface area contributed by atoms with Crippen LogP contribution in [-0.4, -0.2) is 74.3 Å². The quantitative estimate of drug-likeness (QED) is 0.482. The van der Waals surface area contributed by atoms with Gasteiger partial charge in [0.15, 0.2) is 11.4 Å². The van der Waals surface area contributed by atoms with Crippen molar-refractivity contribution in [3.63, 3.8) is 0 Å². The molecule has 184 valence electrons. The zero-order chi connectivity index (χ0) is 24.6. The average Bonchev–Trinajstić information content (AvgIpc) is 3.54. The number of fused-ring (bicyclic) bond motifs is 2. The number of aryl methyl sites for hydroxylation is 1. The Balaban J connectivity index is 1.22. The van der Waals surface area contributed by atoms with E-state index in [9.17, 15) is 9.59 Å². The number of anilines is 1. The van der Waals surface area contributed by atoms with Crippen molar-refractivity contribution in [2.75, 3.05) is 37.6 Å². The van der Waals surface area contributed by atoms with Gasteiger partial charge < -0.3 is 14.7 Å². The highest BCUT2D eigenvalue weighted by Crippen LogP contribution is 2.27. The van der Waals surface area contributed by atoms with Gasteiger partial charge in [-0.25, -0.2) is 0 Å². The van der Waals surface area contributed by atoms with E-state index in [4.69, 9.17) is 5.10 Å². The van der Waals surface area contributed by atoms with Crippen molar-refractivity contribution in [3.8, 4) is 0 Å². The number of para-hydroxylation sites is 2. The number of aromatic amines is 1. The second kappa shape index (κ2) is 9.14. The first-order valence-corrected chi connectivity index (χ1v) is 12.5. The van der Waals surface area contributed by atoms with E-state index in [-0.39, 0.29) is 11.8 Å². The molecular weight excluding hydrogens is 454 g/mol. The van der Waals surface area contributed by atoms with Crippen molar-refractivity contribution >= 4 is 28.4 Å². The van der Waals surface area contributed by atoms with Gasteiger partial charge in [-0.05, 0) is 25.1 Å². The Morgan fingerprint density at radius 3 is 2.36 bits per heavy atom. The predicted octanol–water partition coefficient (Wildman–Crippen LogP) is 2.94. The number of amides is 2. The molecule has 9 nitrogen and oxygen atoms in total. The number of hydrogen-bond acceptors (Lipinski definition) is 5. The summed E-state index contributed by atoms with van der Waals surface area (Å²) in [4.78, 5) is 33.1. The summed E-state index contributed by atoms with van der Waals surface area (Å²) in [6.45, 7) is 6.50. The van der Waals surface area contributed by atoms with Crippen molar-refractivity contribution in [1.82, 2.24) is 29.8 Å². The summed E-state index contributed by atoms with van der Waals surface area (Å²) in [7, 11) is 0. The highest BCUT2D eigenvalue weighted by atomic mass is 16.2. The summed E-state index contributed by atoms with van der Waals surface area (Å²) in [5, 5.41) is 12.8. The topological polar surface area (TPSA) is 90.4 Å². The number of benzene rings is 2. The number of nitrogens with zero attached hydrogens (tertiary/aromatic N) is 6. The van der Waals surface area contributed by atoms with Gasteiger partial charge in [-0.15, -0.1) is 0 Å². The molecule has 0 spiro atoms. The Kier molecular flexibility index (Phi) is 5.67. The number of nitrogens with one attached hydrogen (secondary N) is 1. The number of carbonyl (C=O) groups excluding carboxylic acids is 2. The lowest BCUT2D eigenvalue weighted by Gasteiger charge is -2.36. The van der Waals surface area contributed by atoms with E-state index in [1.54, 1.807) is 4.90 Å². The molecule has 2 aromatic carbocycles. The third-order valence-electron chi connectivity index (χ3n) is 7.28. The second-order valence-electron chi connectivity index (χ2n) is 9.30. The smallest absolute Gasteiger partial charge is 0.275 e. The maximum Gasteiger partial charge on any atom is 0.275 e. The largest absolute Gasteiger partial charge is 0.368 e. The number of aromatic nitrogens is 4. The first-order chi connectivity index (χ1) is 17.6. The van der Waals surface area contributed by atoms with Crippen LogP contribution in [0.25, 0.3) is 10.9 Å². The van der Waals surface area contributed by atoms with E-state index in [0.29, 0.717) is 50.5 Å². The van der Waals surface area contributed by atoms with E-state index in [1.165, 1.54) is 5.69 Å². The van der Waals surface area contributed by atoms with Crippen molar-refractivity contribution in [2.24, 2.45) is 0 Å². The highest BCUT2D eigenvalue weighted by Gasteiger charge is 2.33. The zero-order valence-corrected chi connectivity index (χ0v) is 20.4. The molecule has 1 fully saturated rings. The average molecular weight is 484 g/mol. The number of rotatable bonds is 4. The molecule has 1 N–H and O–H groups in total. The first kappa shape index (κ1) is 22.3. The van der Waals surface area contributed by atoms with E-state index < -0.39 is 0 Å². The van der Waals surface area contributed by atoms with Crippen LogP contribution in [0.5, 0.6) is 0 Å². The van der Waals surface area contributed by atoms with E-state index in [1.807, 2.05) is 59.0 Å². The molecule has 4 aromatic rings. The van der Waals surface area contributed by atoms with Crippen LogP contribution in [0.15, 0.2) is 54.6 Å². The summed E-state index contributed by atoms with van der Waals surface area (Å²) < 4.78 is 1.93. The molecule has 36 heavy (non-hydrogen) atoms. The van der Waals surface area contributed by atoms with Crippen LogP contribution in [-0.2, 0) is 19.5 Å². The molecule has 4 heterocycles. The lowest BCUT2D eigenvalue weighted by Crippen LogP contribution is -2.49. The lowest BCUT2D eigenvalue weighted by molar-refractivity contribution is 0.0707. The molecule has 0 atom stereocenters. The molecule has 2 amide bonds. The number of carbonyl (C=O) groups is 2. The highest BCUT2D eigenvalue weighted by molar-refractivity contribution is 6.04. The predicted molar refractivity (Wildman–Crippen MR) is 137 cm³/mol. The molecule has 6 rings (SSSR count). The van der Waals surface area contributed by atoms with Crippen LogP contribution in [0, 0.1) is 0 Å². The lowest BCUT2D eigenvalue weighted by atomic mass is 10.0. The minimum atomic E-state index is -0.128. The molecule has 0 unspecified atom stereocenters. The maximum atomic E-state index is 13.6. The van der Waals surface area contributed by atoms with Gasteiger partial charge in [-0.1, -0.05) is 36.4 Å². The van der Waals surface area contributed by atoms with Gasteiger partial charge >= 0.3 is 0 Å². The first-order valence-electron chi connectivity index (χ1n) is 12.5. The monoisotopic (exact) mass is 483 g/mol. The Bertz CT molecular complexity index is 1420. The summed E-state index contributed by atoms with van der Waals surface area (Å²) in [5.41, 5.74) is 4.83. The Hall–Kier alpha value is -4.14. The summed E-state index contributed by atoms with van der Waals surface area (Å²) in [5.74, 6) is -0.178. The Morgan fingerprint density at radius 1 is 0.861 bits per heavy atom. The van der Waals surface area contributed by atoms with Gasteiger partial charge in [-0.2, -0.15) is 10.2 Å². The van der Waals surface area contributed by atoms with Gasteiger partial charge in [0.05, 0.1) is 12.1 Å². The van der Waals surface area contributed by atoms with Gasteiger partial charge in [0.25, 0.3) is 11.8 Å². The number of H-pyrrole nitrogens is 1. The fourth-order valence-electron chi connectivity index (χ4n) is 5.33. The third kappa shape index (κ3) is 3.80. The van der Waals surface area contributed by atoms with Gasteiger partial charge in [0, 0.05) is 68.0 Å². The Labute approximate surface area is 209 Å². The van der Waals surface area contributed by atoms with E-state index >= 15 is 0 Å². The zero-order valence-electron chi connectivity index (χ0n) is 20.4. The SMILES string of the molecule is CCn1nc(C(=O)N2CCN(c3ccccc3)CC2)c2c1CCN(C(=O)c1n[nH]c3ccccc13)C2. The van der Waals surface area contributed by atoms with Crippen LogP contribution in [0.3, 0.4) is 0 Å². The summed E-state index contributed by atoms with van der Waals surface area (Å²) in [6.07, 6.45) is 0.666. The van der Waals surface area contributed by atoms with Crippen LogP contribution in [0.1, 0.15) is 39.2 Å². The molecule has 2 aliphatic rings. The van der Waals surface area contributed by atoms with Gasteiger partial charge in [0.1, 0.15) is 0 Å². The third-order valence-corrected chi connectivity index (χ3v) is 7.28. The molecule has 9 heteroatoms. The molecule has 0 bridgehead atoms. The summed E-state index contributed by atoms with van der Waals surface area (Å²) >= 11 is 0. The molecular formula is C27H29N7O2. The minimum Gasteiger partial charge on any atom is -0.368 e. The van der Waals surface area contributed by atoms with Crippen LogP contribution < -0.4 is 4.90 Å². The molecule has 1 saturated heterocycles.